The average molecular weight is 155 g/mol. The lowest BCUT2D eigenvalue weighted by molar-refractivity contribution is 0.222. The molecular weight excluding hydrogens is 134 g/mol. The number of nitrogens with one attached hydrogen (secondary N) is 1. The summed E-state index contributed by atoms with van der Waals surface area (Å²) in [6.45, 7) is 9.56. The molecule has 1 aliphatic heterocycles. The summed E-state index contributed by atoms with van der Waals surface area (Å²) < 4.78 is 0. The van der Waals surface area contributed by atoms with Gasteiger partial charge >= 0.3 is 0 Å². The second-order valence-electron chi connectivity index (χ2n) is 4.19. The van der Waals surface area contributed by atoms with Crippen molar-refractivity contribution >= 4 is 0 Å². The van der Waals surface area contributed by atoms with Gasteiger partial charge in [0.05, 0.1) is 0 Å². The van der Waals surface area contributed by atoms with Crippen molar-refractivity contribution in [2.24, 2.45) is 17.8 Å². The molecule has 0 radical (unpaired) electrons. The monoisotopic (exact) mass is 155 g/mol. The molecule has 1 rings (SSSR count). The lowest BCUT2D eigenvalue weighted by Crippen LogP contribution is -2.32. The Morgan fingerprint density at radius 1 is 1.09 bits per heavy atom. The molecule has 1 nitrogen and oxygen atoms in total. The van der Waals surface area contributed by atoms with E-state index in [1.54, 1.807) is 0 Å². The standard InChI is InChI=1S/C10H21N/c1-8(2)9(3)10-4-6-11-7-5-10/h8-11H,4-7H2,1-3H3/t9-/m1/s1. The molecular formula is C10H21N. The van der Waals surface area contributed by atoms with E-state index in [0.717, 1.165) is 17.8 Å². The Bertz CT molecular complexity index is 103. The summed E-state index contributed by atoms with van der Waals surface area (Å²) in [6, 6.07) is 0. The Morgan fingerprint density at radius 2 is 1.64 bits per heavy atom. The highest BCUT2D eigenvalue weighted by Crippen LogP contribution is 2.27. The van der Waals surface area contributed by atoms with Crippen molar-refractivity contribution in [3.8, 4) is 0 Å². The van der Waals surface area contributed by atoms with Crippen molar-refractivity contribution in [3.63, 3.8) is 0 Å². The molecule has 1 N–H and O–H groups in total. The third-order valence-corrected chi connectivity index (χ3v) is 3.18. The van der Waals surface area contributed by atoms with Gasteiger partial charge in [0.1, 0.15) is 0 Å². The predicted octanol–water partition coefficient (Wildman–Crippen LogP) is 2.28. The van der Waals surface area contributed by atoms with Gasteiger partial charge in [0.15, 0.2) is 0 Å². The van der Waals surface area contributed by atoms with Gasteiger partial charge in [-0.15, -0.1) is 0 Å². The van der Waals surface area contributed by atoms with E-state index < -0.39 is 0 Å². The average Bonchev–Trinajstić information content (AvgIpc) is 2.05. The summed E-state index contributed by atoms with van der Waals surface area (Å²) >= 11 is 0. The predicted molar refractivity (Wildman–Crippen MR) is 49.6 cm³/mol. The maximum absolute atomic E-state index is 3.41. The molecule has 0 unspecified atom stereocenters. The van der Waals surface area contributed by atoms with Gasteiger partial charge in [0.25, 0.3) is 0 Å². The number of hydrogen-bond acceptors (Lipinski definition) is 1. The lowest BCUT2D eigenvalue weighted by atomic mass is 9.80. The minimum Gasteiger partial charge on any atom is -0.317 e. The van der Waals surface area contributed by atoms with E-state index >= 15 is 0 Å². The van der Waals surface area contributed by atoms with Crippen LogP contribution in [0, 0.1) is 17.8 Å². The van der Waals surface area contributed by atoms with Crippen LogP contribution >= 0.6 is 0 Å². The zero-order valence-corrected chi connectivity index (χ0v) is 8.06. The summed E-state index contributed by atoms with van der Waals surface area (Å²) in [5.41, 5.74) is 0. The molecule has 1 heterocycles. The first kappa shape index (κ1) is 9.05. The summed E-state index contributed by atoms with van der Waals surface area (Å²) in [4.78, 5) is 0. The molecule has 0 aromatic carbocycles. The molecule has 0 bridgehead atoms. The Hall–Kier alpha value is -0.0400. The van der Waals surface area contributed by atoms with Crippen LogP contribution in [0.4, 0.5) is 0 Å². The molecule has 66 valence electrons. The molecule has 1 saturated heterocycles. The van der Waals surface area contributed by atoms with Gasteiger partial charge in [-0.2, -0.15) is 0 Å². The smallest absolute Gasteiger partial charge is 0.00462 e. The zero-order valence-electron chi connectivity index (χ0n) is 8.06. The molecule has 11 heavy (non-hydrogen) atoms. The van der Waals surface area contributed by atoms with Gasteiger partial charge in [-0.05, 0) is 43.7 Å². The van der Waals surface area contributed by atoms with Crippen LogP contribution in [0.5, 0.6) is 0 Å². The Kier molecular flexibility index (Phi) is 3.38. The molecule has 0 amide bonds. The van der Waals surface area contributed by atoms with Crippen molar-refractivity contribution in [1.29, 1.82) is 0 Å². The van der Waals surface area contributed by atoms with Crippen LogP contribution in [0.2, 0.25) is 0 Å². The summed E-state index contributed by atoms with van der Waals surface area (Å²) in [6.07, 6.45) is 2.78. The largest absolute Gasteiger partial charge is 0.317 e. The van der Waals surface area contributed by atoms with Crippen LogP contribution in [0.3, 0.4) is 0 Å². The third-order valence-electron chi connectivity index (χ3n) is 3.18. The highest BCUT2D eigenvalue weighted by molar-refractivity contribution is 4.74. The van der Waals surface area contributed by atoms with Crippen LogP contribution in [0.1, 0.15) is 33.6 Å². The molecule has 0 aromatic heterocycles. The van der Waals surface area contributed by atoms with Gasteiger partial charge < -0.3 is 5.32 Å². The van der Waals surface area contributed by atoms with Crippen LogP contribution in [0.25, 0.3) is 0 Å². The highest BCUT2D eigenvalue weighted by Gasteiger charge is 2.21. The summed E-state index contributed by atoms with van der Waals surface area (Å²) in [5.74, 6) is 2.76. The molecule has 0 spiro atoms. The number of hydrogen-bond donors (Lipinski definition) is 1. The quantitative estimate of drug-likeness (QED) is 0.645. The van der Waals surface area contributed by atoms with Crippen molar-refractivity contribution in [1.82, 2.24) is 5.32 Å². The van der Waals surface area contributed by atoms with Gasteiger partial charge in [-0.3, -0.25) is 0 Å². The van der Waals surface area contributed by atoms with Gasteiger partial charge in [-0.25, -0.2) is 0 Å². The van der Waals surface area contributed by atoms with Crippen LogP contribution in [-0.2, 0) is 0 Å². The fraction of sp³-hybridized carbons (Fsp3) is 1.00. The van der Waals surface area contributed by atoms with Gasteiger partial charge in [0.2, 0.25) is 0 Å². The van der Waals surface area contributed by atoms with Crippen LogP contribution in [0.15, 0.2) is 0 Å². The lowest BCUT2D eigenvalue weighted by Gasteiger charge is -2.30. The van der Waals surface area contributed by atoms with Crippen molar-refractivity contribution in [2.75, 3.05) is 13.1 Å². The highest BCUT2D eigenvalue weighted by atomic mass is 14.9. The summed E-state index contributed by atoms with van der Waals surface area (Å²) in [7, 11) is 0. The van der Waals surface area contributed by atoms with E-state index in [1.165, 1.54) is 25.9 Å². The van der Waals surface area contributed by atoms with Crippen molar-refractivity contribution in [3.05, 3.63) is 0 Å². The van der Waals surface area contributed by atoms with Crippen LogP contribution < -0.4 is 5.32 Å². The minimum atomic E-state index is 0.859. The van der Waals surface area contributed by atoms with Gasteiger partial charge in [0, 0.05) is 0 Å². The van der Waals surface area contributed by atoms with Gasteiger partial charge in [-0.1, -0.05) is 20.8 Å². The second kappa shape index (κ2) is 4.10. The fourth-order valence-electron chi connectivity index (χ4n) is 1.91. The second-order valence-corrected chi connectivity index (χ2v) is 4.19. The Balaban J connectivity index is 2.32. The van der Waals surface area contributed by atoms with E-state index in [9.17, 15) is 0 Å². The minimum absolute atomic E-state index is 0.859. The fourth-order valence-corrected chi connectivity index (χ4v) is 1.91. The SMILES string of the molecule is CC(C)[C@@H](C)C1CCNCC1. The zero-order chi connectivity index (χ0) is 8.27. The van der Waals surface area contributed by atoms with E-state index in [-0.39, 0.29) is 0 Å². The molecule has 1 atom stereocenters. The number of rotatable bonds is 2. The molecule has 1 heteroatoms. The molecule has 1 aliphatic rings. The third kappa shape index (κ3) is 2.48. The molecule has 0 saturated carbocycles. The van der Waals surface area contributed by atoms with E-state index in [2.05, 4.69) is 26.1 Å². The molecule has 0 aromatic rings. The number of piperidine rings is 1. The first-order chi connectivity index (χ1) is 5.22. The maximum Gasteiger partial charge on any atom is -0.00462 e. The van der Waals surface area contributed by atoms with E-state index in [4.69, 9.17) is 0 Å². The van der Waals surface area contributed by atoms with Crippen LogP contribution in [-0.4, -0.2) is 13.1 Å². The Morgan fingerprint density at radius 3 is 2.09 bits per heavy atom. The first-order valence-electron chi connectivity index (χ1n) is 4.92. The first-order valence-corrected chi connectivity index (χ1v) is 4.92. The topological polar surface area (TPSA) is 12.0 Å². The van der Waals surface area contributed by atoms with E-state index in [0.29, 0.717) is 0 Å². The van der Waals surface area contributed by atoms with Crippen molar-refractivity contribution < 1.29 is 0 Å². The maximum atomic E-state index is 3.41. The molecule has 0 aliphatic carbocycles. The molecule has 1 fully saturated rings. The Labute approximate surface area is 70.6 Å². The normalized spacial score (nSPS) is 24.0. The summed E-state index contributed by atoms with van der Waals surface area (Å²) in [5, 5.41) is 3.41. The van der Waals surface area contributed by atoms with E-state index in [1.807, 2.05) is 0 Å². The van der Waals surface area contributed by atoms with Crippen molar-refractivity contribution in [2.45, 2.75) is 33.6 Å².